The van der Waals surface area contributed by atoms with Gasteiger partial charge in [0.2, 0.25) is 5.91 Å². The Hall–Kier alpha value is -2.94. The maximum atomic E-state index is 13.9. The molecular formula is C27H28N4O2S2. The molecule has 0 fully saturated rings. The van der Waals surface area contributed by atoms with Gasteiger partial charge in [0.05, 0.1) is 16.8 Å². The highest BCUT2D eigenvalue weighted by atomic mass is 32.2. The van der Waals surface area contributed by atoms with Crippen molar-refractivity contribution in [3.63, 3.8) is 0 Å². The van der Waals surface area contributed by atoms with Gasteiger partial charge < -0.3 is 5.32 Å². The number of para-hydroxylation sites is 1. The zero-order valence-corrected chi connectivity index (χ0v) is 21.7. The van der Waals surface area contributed by atoms with Crippen LogP contribution in [0.15, 0.2) is 64.5 Å². The fourth-order valence-corrected chi connectivity index (χ4v) is 6.45. The molecule has 0 atom stereocenters. The maximum absolute atomic E-state index is 13.9. The molecule has 0 saturated carbocycles. The van der Waals surface area contributed by atoms with E-state index >= 15 is 0 Å². The van der Waals surface area contributed by atoms with Crippen LogP contribution >= 0.6 is 23.1 Å². The van der Waals surface area contributed by atoms with Gasteiger partial charge in [0.25, 0.3) is 5.56 Å². The summed E-state index contributed by atoms with van der Waals surface area (Å²) in [5.74, 6) is 0.0241. The highest BCUT2D eigenvalue weighted by Gasteiger charge is 2.26. The highest BCUT2D eigenvalue weighted by Crippen LogP contribution is 2.34. The number of carbonyl (C=O) groups is 1. The third-order valence-corrected chi connectivity index (χ3v) is 8.33. The molecule has 4 aromatic rings. The van der Waals surface area contributed by atoms with Gasteiger partial charge in [-0.1, -0.05) is 47.7 Å². The molecule has 0 aliphatic carbocycles. The van der Waals surface area contributed by atoms with E-state index in [4.69, 9.17) is 4.98 Å². The van der Waals surface area contributed by atoms with E-state index in [-0.39, 0.29) is 17.2 Å². The number of aryl methyl sites for hydroxylation is 1. The lowest BCUT2D eigenvalue weighted by molar-refractivity contribution is -0.113. The second-order valence-electron chi connectivity index (χ2n) is 9.07. The van der Waals surface area contributed by atoms with Crippen LogP contribution in [-0.4, -0.2) is 38.7 Å². The van der Waals surface area contributed by atoms with Gasteiger partial charge in [0, 0.05) is 29.7 Å². The average Bonchev–Trinajstić information content (AvgIpc) is 3.22. The molecule has 5 rings (SSSR count). The van der Waals surface area contributed by atoms with E-state index in [0.717, 1.165) is 52.2 Å². The summed E-state index contributed by atoms with van der Waals surface area (Å²) in [6.45, 7) is 8.21. The second-order valence-corrected chi connectivity index (χ2v) is 11.1. The first-order valence-corrected chi connectivity index (χ1v) is 13.6. The van der Waals surface area contributed by atoms with E-state index in [9.17, 15) is 9.59 Å². The minimum absolute atomic E-state index is 0.0573. The minimum atomic E-state index is -0.133. The Morgan fingerprint density at radius 1 is 1.14 bits per heavy atom. The number of nitrogens with zero attached hydrogens (tertiary/aromatic N) is 3. The largest absolute Gasteiger partial charge is 0.325 e. The van der Waals surface area contributed by atoms with Crippen molar-refractivity contribution in [1.29, 1.82) is 0 Å². The van der Waals surface area contributed by atoms with Crippen LogP contribution in [0.4, 0.5) is 5.69 Å². The quantitative estimate of drug-likeness (QED) is 0.287. The Balaban J connectivity index is 1.50. The first-order valence-electron chi connectivity index (χ1n) is 11.8. The number of benzene rings is 2. The number of thiophene rings is 1. The average molecular weight is 505 g/mol. The molecule has 1 N–H and O–H groups in total. The molecule has 6 nitrogen and oxygen atoms in total. The summed E-state index contributed by atoms with van der Waals surface area (Å²) in [4.78, 5) is 35.9. The van der Waals surface area contributed by atoms with Crippen LogP contribution in [0.25, 0.3) is 15.9 Å². The summed E-state index contributed by atoms with van der Waals surface area (Å²) in [6, 6.07) is 17.7. The van der Waals surface area contributed by atoms with Crippen LogP contribution in [0.3, 0.4) is 0 Å². The summed E-state index contributed by atoms with van der Waals surface area (Å²) in [7, 11) is 0. The van der Waals surface area contributed by atoms with Crippen LogP contribution < -0.4 is 10.9 Å². The Morgan fingerprint density at radius 2 is 1.89 bits per heavy atom. The number of hydrogen-bond acceptors (Lipinski definition) is 6. The third-order valence-electron chi connectivity index (χ3n) is 6.29. The van der Waals surface area contributed by atoms with Gasteiger partial charge in [-0.2, -0.15) is 0 Å². The Labute approximate surface area is 213 Å². The predicted molar refractivity (Wildman–Crippen MR) is 145 cm³/mol. The molecule has 1 aliphatic heterocycles. The predicted octanol–water partition coefficient (Wildman–Crippen LogP) is 5.25. The first-order chi connectivity index (χ1) is 16.9. The first kappa shape index (κ1) is 23.8. The smallest absolute Gasteiger partial charge is 0.267 e. The van der Waals surface area contributed by atoms with Gasteiger partial charge in [0.1, 0.15) is 4.83 Å². The van der Waals surface area contributed by atoms with Gasteiger partial charge in [-0.25, -0.2) is 4.98 Å². The number of hydrogen-bond donors (Lipinski definition) is 1. The second kappa shape index (κ2) is 9.97. The molecular weight excluding hydrogens is 476 g/mol. The molecule has 35 heavy (non-hydrogen) atoms. The summed E-state index contributed by atoms with van der Waals surface area (Å²) >= 11 is 2.90. The van der Waals surface area contributed by atoms with Crippen LogP contribution in [0, 0.1) is 6.92 Å². The van der Waals surface area contributed by atoms with Crippen molar-refractivity contribution in [2.75, 3.05) is 17.6 Å². The number of anilines is 1. The van der Waals surface area contributed by atoms with Crippen LogP contribution in [-0.2, 0) is 17.8 Å². The van der Waals surface area contributed by atoms with Crippen molar-refractivity contribution in [3.8, 4) is 5.69 Å². The molecule has 0 radical (unpaired) electrons. The zero-order chi connectivity index (χ0) is 24.5. The molecule has 1 aliphatic rings. The molecule has 2 aromatic heterocycles. The third kappa shape index (κ3) is 4.91. The fraction of sp³-hybridized carbons (Fsp3) is 0.296. The summed E-state index contributed by atoms with van der Waals surface area (Å²) in [6.07, 6.45) is 0.852. The van der Waals surface area contributed by atoms with Crippen molar-refractivity contribution < 1.29 is 4.79 Å². The van der Waals surface area contributed by atoms with Gasteiger partial charge in [0.15, 0.2) is 5.16 Å². The molecule has 0 bridgehead atoms. The van der Waals surface area contributed by atoms with Crippen LogP contribution in [0.2, 0.25) is 0 Å². The number of fused-ring (bicyclic) bond motifs is 3. The Kier molecular flexibility index (Phi) is 6.77. The molecule has 3 heterocycles. The van der Waals surface area contributed by atoms with Gasteiger partial charge in [-0.05, 0) is 57.0 Å². The zero-order valence-electron chi connectivity index (χ0n) is 20.1. The van der Waals surface area contributed by atoms with Crippen molar-refractivity contribution in [1.82, 2.24) is 14.5 Å². The maximum Gasteiger partial charge on any atom is 0.267 e. The SMILES string of the molecule is Cc1ccc(NC(=O)CSc2nc3sc4c(c3c(=O)n2-c2ccccc2)CCN(C(C)C)C4)cc1. The van der Waals surface area contributed by atoms with E-state index in [0.29, 0.717) is 11.2 Å². The highest BCUT2D eigenvalue weighted by molar-refractivity contribution is 7.99. The van der Waals surface area contributed by atoms with Crippen molar-refractivity contribution in [2.45, 2.75) is 44.9 Å². The summed E-state index contributed by atoms with van der Waals surface area (Å²) < 4.78 is 1.66. The van der Waals surface area contributed by atoms with Gasteiger partial charge >= 0.3 is 0 Å². The Morgan fingerprint density at radius 3 is 2.60 bits per heavy atom. The molecule has 2 aromatic carbocycles. The van der Waals surface area contributed by atoms with Crippen LogP contribution in [0.1, 0.15) is 29.9 Å². The van der Waals surface area contributed by atoms with E-state index in [1.54, 1.807) is 15.9 Å². The van der Waals surface area contributed by atoms with Crippen LogP contribution in [0.5, 0.6) is 0 Å². The molecule has 1 amide bonds. The monoisotopic (exact) mass is 504 g/mol. The molecule has 180 valence electrons. The molecule has 0 spiro atoms. The molecule has 8 heteroatoms. The number of thioether (sulfide) groups is 1. The molecule has 0 saturated heterocycles. The Bertz CT molecular complexity index is 1430. The summed E-state index contributed by atoms with van der Waals surface area (Å²) in [5, 5.41) is 4.19. The lowest BCUT2D eigenvalue weighted by Gasteiger charge is -2.30. The van der Waals surface area contributed by atoms with E-state index in [1.165, 1.54) is 16.6 Å². The van der Waals surface area contributed by atoms with E-state index in [2.05, 4.69) is 24.1 Å². The van der Waals surface area contributed by atoms with Crippen molar-refractivity contribution in [2.24, 2.45) is 0 Å². The topological polar surface area (TPSA) is 67.2 Å². The van der Waals surface area contributed by atoms with Crippen molar-refractivity contribution in [3.05, 3.63) is 81.0 Å². The van der Waals surface area contributed by atoms with Crippen molar-refractivity contribution >= 4 is 44.9 Å². The number of amides is 1. The van der Waals surface area contributed by atoms with Gasteiger partial charge in [-0.3, -0.25) is 19.1 Å². The van der Waals surface area contributed by atoms with E-state index in [1.807, 2.05) is 61.5 Å². The standard InChI is InChI=1S/C27H28N4O2S2/c1-17(2)30-14-13-21-22(15-30)35-25-24(21)26(33)31(20-7-5-4-6-8-20)27(29-25)34-16-23(32)28-19-11-9-18(3)10-12-19/h4-12,17H,13-16H2,1-3H3,(H,28,32). The number of rotatable bonds is 6. The number of nitrogens with one attached hydrogen (secondary N) is 1. The lowest BCUT2D eigenvalue weighted by Crippen LogP contribution is -2.35. The lowest BCUT2D eigenvalue weighted by atomic mass is 10.0. The van der Waals surface area contributed by atoms with E-state index < -0.39 is 0 Å². The number of aromatic nitrogens is 2. The number of carbonyl (C=O) groups excluding carboxylic acids is 1. The summed E-state index contributed by atoms with van der Waals surface area (Å²) in [5.41, 5.74) is 3.73. The van der Waals surface area contributed by atoms with Gasteiger partial charge in [-0.15, -0.1) is 11.3 Å². The normalized spacial score (nSPS) is 13.8. The minimum Gasteiger partial charge on any atom is -0.325 e. The fourth-order valence-electron chi connectivity index (χ4n) is 4.35. The molecule has 0 unspecified atom stereocenters.